The molecule has 1 N–H and O–H groups in total. The average Bonchev–Trinajstić information content (AvgIpc) is 3.40. The van der Waals surface area contributed by atoms with Gasteiger partial charge in [-0.3, -0.25) is 14.2 Å². The van der Waals surface area contributed by atoms with E-state index in [2.05, 4.69) is 86.8 Å². The van der Waals surface area contributed by atoms with Crippen LogP contribution in [0.1, 0.15) is 297 Å². The van der Waals surface area contributed by atoms with Gasteiger partial charge in [0.05, 0.1) is 33.8 Å². The molecule has 0 aliphatic heterocycles. The number of nitrogens with zero attached hydrogens (tertiary/aromatic N) is 1. The molecule has 0 rings (SSSR count). The van der Waals surface area contributed by atoms with Crippen LogP contribution >= 0.6 is 7.82 Å². The van der Waals surface area contributed by atoms with Gasteiger partial charge in [0, 0.05) is 12.8 Å². The number of esters is 1. The van der Waals surface area contributed by atoms with Gasteiger partial charge < -0.3 is 28.5 Å². The van der Waals surface area contributed by atoms with Gasteiger partial charge in [-0.15, -0.1) is 0 Å². The molecular formula is C68H125N2O7P. The topological polar surface area (TPSA) is 114 Å². The second kappa shape index (κ2) is 57.7. The van der Waals surface area contributed by atoms with E-state index in [1.807, 2.05) is 33.3 Å². The first-order valence-corrected chi connectivity index (χ1v) is 34.2. The lowest BCUT2D eigenvalue weighted by Crippen LogP contribution is -2.47. The number of likely N-dealkylation sites (N-methyl/N-ethyl adjacent to an activating group) is 1. The van der Waals surface area contributed by atoms with E-state index < -0.39 is 20.0 Å². The summed E-state index contributed by atoms with van der Waals surface area (Å²) in [6.45, 7) is 6.74. The van der Waals surface area contributed by atoms with Crippen LogP contribution in [0.5, 0.6) is 0 Å². The molecule has 0 aromatic heterocycles. The Labute approximate surface area is 483 Å². The van der Waals surface area contributed by atoms with Crippen LogP contribution in [0.25, 0.3) is 0 Å². The van der Waals surface area contributed by atoms with Crippen LogP contribution in [0.3, 0.4) is 0 Å². The van der Waals surface area contributed by atoms with Gasteiger partial charge in [0.25, 0.3) is 7.82 Å². The number of phosphoric acid groups is 1. The van der Waals surface area contributed by atoms with E-state index in [1.54, 1.807) is 0 Å². The average molecular weight is 1110 g/mol. The third kappa shape index (κ3) is 58.1. The zero-order valence-electron chi connectivity index (χ0n) is 51.9. The molecule has 9 nitrogen and oxygen atoms in total. The highest BCUT2D eigenvalue weighted by Gasteiger charge is 2.27. The number of allylic oxidation sites excluding steroid dienone is 11. The second-order valence-corrected chi connectivity index (χ2v) is 24.7. The summed E-state index contributed by atoms with van der Waals surface area (Å²) in [5.41, 5.74) is 0. The smallest absolute Gasteiger partial charge is 0.306 e. The third-order valence-corrected chi connectivity index (χ3v) is 15.4. The maximum Gasteiger partial charge on any atom is 0.306 e. The summed E-state index contributed by atoms with van der Waals surface area (Å²) in [7, 11) is 1.19. The van der Waals surface area contributed by atoms with Crippen molar-refractivity contribution in [2.75, 3.05) is 40.9 Å². The normalized spacial score (nSPS) is 14.1. The number of carbonyl (C=O) groups is 2. The number of rotatable bonds is 59. The van der Waals surface area contributed by atoms with Crippen LogP contribution in [-0.4, -0.2) is 69.4 Å². The van der Waals surface area contributed by atoms with E-state index in [0.29, 0.717) is 17.4 Å². The molecule has 3 atom stereocenters. The number of hydrogen-bond acceptors (Lipinski definition) is 7. The molecule has 10 heteroatoms. The monoisotopic (exact) mass is 1110 g/mol. The molecule has 0 aliphatic rings. The van der Waals surface area contributed by atoms with Gasteiger partial charge in [0.1, 0.15) is 19.3 Å². The molecule has 0 radical (unpaired) electrons. The number of quaternary nitrogens is 1. The van der Waals surface area contributed by atoms with Crippen LogP contribution in [-0.2, 0) is 27.9 Å². The fourth-order valence-corrected chi connectivity index (χ4v) is 10.1. The Balaban J connectivity index is 5.03. The lowest BCUT2D eigenvalue weighted by Gasteiger charge is -2.30. The molecule has 0 spiro atoms. The summed E-state index contributed by atoms with van der Waals surface area (Å²) < 4.78 is 30.3. The Bertz CT molecular complexity index is 1570. The fourth-order valence-electron chi connectivity index (χ4n) is 9.37. The molecule has 78 heavy (non-hydrogen) atoms. The van der Waals surface area contributed by atoms with Gasteiger partial charge in [-0.05, 0) is 76.7 Å². The van der Waals surface area contributed by atoms with E-state index in [0.717, 1.165) is 89.9 Å². The molecule has 0 aromatic carbocycles. The number of amides is 1. The van der Waals surface area contributed by atoms with Crippen LogP contribution in [0.15, 0.2) is 72.9 Å². The molecule has 454 valence electrons. The first kappa shape index (κ1) is 75.5. The number of nitrogens with one attached hydrogen (secondary N) is 1. The summed E-state index contributed by atoms with van der Waals surface area (Å²) in [6.07, 6.45) is 74.5. The highest BCUT2D eigenvalue weighted by atomic mass is 31.2. The summed E-state index contributed by atoms with van der Waals surface area (Å²) in [6, 6.07) is -0.888. The molecule has 0 heterocycles. The van der Waals surface area contributed by atoms with Crippen molar-refractivity contribution in [1.29, 1.82) is 0 Å². The summed E-state index contributed by atoms with van der Waals surface area (Å²) in [5, 5.41) is 3.03. The molecule has 0 bridgehead atoms. The van der Waals surface area contributed by atoms with E-state index in [1.165, 1.54) is 173 Å². The van der Waals surface area contributed by atoms with Crippen molar-refractivity contribution >= 4 is 19.7 Å². The fraction of sp³-hybridized carbons (Fsp3) is 0.794. The quantitative estimate of drug-likeness (QED) is 0.0212. The molecule has 0 aromatic rings. The van der Waals surface area contributed by atoms with E-state index in [9.17, 15) is 19.0 Å². The van der Waals surface area contributed by atoms with Crippen molar-refractivity contribution in [2.45, 2.75) is 309 Å². The van der Waals surface area contributed by atoms with Crippen molar-refractivity contribution in [2.24, 2.45) is 0 Å². The molecular weight excluding hydrogens is 988 g/mol. The standard InChI is InChI=1S/C68H125N2O7P/c1-7-10-13-16-19-22-25-27-29-30-31-32-33-34-35-36-37-38-39-40-41-43-46-49-52-55-58-61-68(72)77-66(59-56-53-50-47-44-24-21-18-15-12-9-3)65(64-76-78(73,74)75-63-62-70(4,5)6)69-67(71)60-57-54-51-48-45-42-28-26-23-20-17-14-11-8-2/h10,13,19,22,27,29,31-32,34-35,56,59,65-66H,7-9,11-12,14-18,20-21,23-26,28,30,33,36-55,57-58,60-64H2,1-6H3,(H-,69,71,73,74)/b13-10-,22-19-,29-27-,32-31-,35-34-,59-56-. The summed E-state index contributed by atoms with van der Waals surface area (Å²) >= 11 is 0. The Morgan fingerprint density at radius 3 is 1.23 bits per heavy atom. The predicted octanol–water partition coefficient (Wildman–Crippen LogP) is 19.8. The molecule has 3 unspecified atom stereocenters. The van der Waals surface area contributed by atoms with E-state index in [-0.39, 0.29) is 31.5 Å². The minimum Gasteiger partial charge on any atom is -0.756 e. The summed E-state index contributed by atoms with van der Waals surface area (Å²) in [5.74, 6) is -0.537. The van der Waals surface area contributed by atoms with Gasteiger partial charge in [-0.2, -0.15) is 0 Å². The Morgan fingerprint density at radius 1 is 0.462 bits per heavy atom. The van der Waals surface area contributed by atoms with Gasteiger partial charge >= 0.3 is 5.97 Å². The van der Waals surface area contributed by atoms with Crippen LogP contribution in [0, 0.1) is 0 Å². The van der Waals surface area contributed by atoms with Gasteiger partial charge in [0.15, 0.2) is 0 Å². The molecule has 0 fully saturated rings. The van der Waals surface area contributed by atoms with Crippen LogP contribution in [0.2, 0.25) is 0 Å². The predicted molar refractivity (Wildman–Crippen MR) is 335 cm³/mol. The zero-order valence-corrected chi connectivity index (χ0v) is 52.8. The number of ether oxygens (including phenoxy) is 1. The van der Waals surface area contributed by atoms with Crippen molar-refractivity contribution in [3.05, 3.63) is 72.9 Å². The van der Waals surface area contributed by atoms with Gasteiger partial charge in [-0.25, -0.2) is 0 Å². The Kier molecular flexibility index (Phi) is 55.8. The molecule has 1 amide bonds. The van der Waals surface area contributed by atoms with E-state index in [4.69, 9.17) is 13.8 Å². The maximum atomic E-state index is 13.5. The largest absolute Gasteiger partial charge is 0.756 e. The first-order chi connectivity index (χ1) is 37.9. The summed E-state index contributed by atoms with van der Waals surface area (Å²) in [4.78, 5) is 40.0. The lowest BCUT2D eigenvalue weighted by molar-refractivity contribution is -0.870. The molecule has 0 saturated carbocycles. The maximum absolute atomic E-state index is 13.5. The van der Waals surface area contributed by atoms with Gasteiger partial charge in [0.2, 0.25) is 5.91 Å². The number of hydrogen-bond donors (Lipinski definition) is 1. The zero-order chi connectivity index (χ0) is 57.2. The van der Waals surface area contributed by atoms with Crippen molar-refractivity contribution in [3.63, 3.8) is 0 Å². The Hall–Kier alpha value is -2.55. The van der Waals surface area contributed by atoms with Crippen molar-refractivity contribution < 1.29 is 37.3 Å². The second-order valence-electron chi connectivity index (χ2n) is 23.2. The minimum absolute atomic E-state index is 0.0229. The number of carbonyl (C=O) groups excluding carboxylic acids is 2. The van der Waals surface area contributed by atoms with Crippen molar-refractivity contribution in [1.82, 2.24) is 5.32 Å². The van der Waals surface area contributed by atoms with Gasteiger partial charge in [-0.1, -0.05) is 280 Å². The SMILES string of the molecule is CC/C=C\C/C=C\C/C=C\C/C=C\C/C=C\CCCCCCCCCCCCCC(=O)OC(/C=C\CCCCCCCCCCC)C(COP(=O)([O-])OCC[N+](C)(C)C)NC(=O)CCCCCCCCCCCCCCCC. The minimum atomic E-state index is -4.70. The third-order valence-electron chi connectivity index (χ3n) is 14.4. The van der Waals surface area contributed by atoms with Crippen LogP contribution < -0.4 is 10.2 Å². The van der Waals surface area contributed by atoms with Crippen LogP contribution in [0.4, 0.5) is 0 Å². The highest BCUT2D eigenvalue weighted by molar-refractivity contribution is 7.45. The Morgan fingerprint density at radius 2 is 0.821 bits per heavy atom. The number of unbranched alkanes of at least 4 members (excludes halogenated alkanes) is 33. The lowest BCUT2D eigenvalue weighted by atomic mass is 10.0. The number of phosphoric ester groups is 1. The van der Waals surface area contributed by atoms with Crippen molar-refractivity contribution in [3.8, 4) is 0 Å². The molecule has 0 aliphatic carbocycles. The molecule has 0 saturated heterocycles. The highest BCUT2D eigenvalue weighted by Crippen LogP contribution is 2.38. The van der Waals surface area contributed by atoms with E-state index >= 15 is 0 Å². The first-order valence-electron chi connectivity index (χ1n) is 32.7.